The maximum absolute atomic E-state index is 12.3. The molecule has 0 radical (unpaired) electrons. The lowest BCUT2D eigenvalue weighted by Gasteiger charge is -2.18. The number of amides is 1. The fourth-order valence-electron chi connectivity index (χ4n) is 2.67. The second-order valence-electron chi connectivity index (χ2n) is 6.34. The van der Waals surface area contributed by atoms with Crippen LogP contribution in [0.4, 0.5) is 17.1 Å². The van der Waals surface area contributed by atoms with Crippen molar-refractivity contribution < 1.29 is 14.6 Å². The van der Waals surface area contributed by atoms with Crippen LogP contribution in [0.3, 0.4) is 0 Å². The normalized spacial score (nSPS) is 11.7. The van der Waals surface area contributed by atoms with Crippen molar-refractivity contribution in [3.63, 3.8) is 0 Å². The average Bonchev–Trinajstić information content (AvgIpc) is 2.61. The van der Waals surface area contributed by atoms with Gasteiger partial charge in [-0.3, -0.25) is 14.9 Å². The highest BCUT2D eigenvalue weighted by Gasteiger charge is 2.18. The van der Waals surface area contributed by atoms with Crippen molar-refractivity contribution in [1.29, 1.82) is 0 Å². The van der Waals surface area contributed by atoms with Crippen LogP contribution in [-0.2, 0) is 11.3 Å². The summed E-state index contributed by atoms with van der Waals surface area (Å²) in [6, 6.07) is 14.4. The monoisotopic (exact) mass is 357 g/mol. The Morgan fingerprint density at radius 2 is 1.81 bits per heavy atom. The molecule has 0 spiro atoms. The van der Waals surface area contributed by atoms with Gasteiger partial charge in [0, 0.05) is 31.4 Å². The van der Waals surface area contributed by atoms with Gasteiger partial charge in [-0.2, -0.15) is 0 Å². The van der Waals surface area contributed by atoms with E-state index in [-0.39, 0.29) is 23.8 Å². The lowest BCUT2D eigenvalue weighted by atomic mass is 10.2. The third-order valence-corrected chi connectivity index (χ3v) is 4.19. The van der Waals surface area contributed by atoms with E-state index in [2.05, 4.69) is 29.6 Å². The number of para-hydroxylation sites is 2. The van der Waals surface area contributed by atoms with Crippen LogP contribution < -0.4 is 15.1 Å². The summed E-state index contributed by atoms with van der Waals surface area (Å²) in [6.07, 6.45) is 0. The number of nitrogens with one attached hydrogen (secondary N) is 2. The topological polar surface area (TPSA) is 79.9 Å². The zero-order valence-corrected chi connectivity index (χ0v) is 15.4. The van der Waals surface area contributed by atoms with Gasteiger partial charge in [0.15, 0.2) is 6.54 Å². The Hall–Kier alpha value is -2.93. The van der Waals surface area contributed by atoms with Gasteiger partial charge < -0.3 is 15.1 Å². The van der Waals surface area contributed by atoms with Crippen LogP contribution in [0.15, 0.2) is 48.5 Å². The largest absolute Gasteiger partial charge is 0.378 e. The molecule has 0 bridgehead atoms. The molecule has 0 saturated carbocycles. The van der Waals surface area contributed by atoms with E-state index in [4.69, 9.17) is 0 Å². The number of nitro groups is 1. The summed E-state index contributed by atoms with van der Waals surface area (Å²) in [5, 5.41) is 13.7. The summed E-state index contributed by atoms with van der Waals surface area (Å²) in [5.74, 6) is -0.235. The van der Waals surface area contributed by atoms with Crippen molar-refractivity contribution in [2.75, 3.05) is 37.4 Å². The van der Waals surface area contributed by atoms with E-state index in [1.54, 1.807) is 18.2 Å². The highest BCUT2D eigenvalue weighted by Crippen LogP contribution is 2.22. The molecular weight excluding hydrogens is 332 g/mol. The fraction of sp³-hybridized carbons (Fsp3) is 0.316. The van der Waals surface area contributed by atoms with E-state index in [1.807, 2.05) is 25.9 Å². The molecule has 1 amide bonds. The third kappa shape index (κ3) is 5.29. The Balaban J connectivity index is 1.99. The van der Waals surface area contributed by atoms with Crippen molar-refractivity contribution in [2.24, 2.45) is 0 Å². The number of quaternary nitrogens is 1. The molecule has 0 heterocycles. The maximum Gasteiger partial charge on any atom is 0.292 e. The molecular formula is C19H25N4O3+. The van der Waals surface area contributed by atoms with Crippen LogP contribution in [0.2, 0.25) is 0 Å². The summed E-state index contributed by atoms with van der Waals surface area (Å²) in [4.78, 5) is 26.0. The molecule has 7 heteroatoms. The predicted molar refractivity (Wildman–Crippen MR) is 103 cm³/mol. The number of nitrogens with zero attached hydrogens (tertiary/aromatic N) is 2. The molecule has 0 fully saturated rings. The lowest BCUT2D eigenvalue weighted by molar-refractivity contribution is -0.903. The second kappa shape index (κ2) is 8.96. The Morgan fingerprint density at radius 3 is 2.38 bits per heavy atom. The third-order valence-electron chi connectivity index (χ3n) is 4.19. The van der Waals surface area contributed by atoms with E-state index in [0.29, 0.717) is 6.54 Å². The predicted octanol–water partition coefficient (Wildman–Crippen LogP) is 1.70. The van der Waals surface area contributed by atoms with Gasteiger partial charge in [-0.15, -0.1) is 0 Å². The Morgan fingerprint density at radius 1 is 1.15 bits per heavy atom. The van der Waals surface area contributed by atoms with Gasteiger partial charge >= 0.3 is 0 Å². The Labute approximate surface area is 153 Å². The molecule has 26 heavy (non-hydrogen) atoms. The number of carbonyl (C=O) groups excluding carboxylic acids is 1. The smallest absolute Gasteiger partial charge is 0.292 e. The SMILES string of the molecule is CC[NH+](CC(=O)Nc1ccccc1[N+](=O)[O-])Cc1ccc(N(C)C)cc1. The molecule has 1 atom stereocenters. The number of nitro benzene ring substituents is 1. The van der Waals surface area contributed by atoms with Crippen molar-refractivity contribution >= 4 is 23.0 Å². The second-order valence-corrected chi connectivity index (χ2v) is 6.34. The first-order valence-electron chi connectivity index (χ1n) is 8.53. The van der Waals surface area contributed by atoms with Gasteiger partial charge in [-0.1, -0.05) is 24.3 Å². The van der Waals surface area contributed by atoms with Gasteiger partial charge in [0.1, 0.15) is 12.2 Å². The zero-order valence-electron chi connectivity index (χ0n) is 15.4. The van der Waals surface area contributed by atoms with E-state index in [1.165, 1.54) is 6.07 Å². The Bertz CT molecular complexity index is 760. The summed E-state index contributed by atoms with van der Waals surface area (Å²) < 4.78 is 0. The molecule has 0 saturated heterocycles. The highest BCUT2D eigenvalue weighted by atomic mass is 16.6. The molecule has 2 aromatic carbocycles. The molecule has 2 rings (SSSR count). The van der Waals surface area contributed by atoms with Crippen LogP contribution in [0.25, 0.3) is 0 Å². The maximum atomic E-state index is 12.3. The highest BCUT2D eigenvalue weighted by molar-refractivity contribution is 5.93. The van der Waals surface area contributed by atoms with Crippen molar-refractivity contribution in [3.8, 4) is 0 Å². The minimum absolute atomic E-state index is 0.0989. The molecule has 0 aromatic heterocycles. The first kappa shape index (κ1) is 19.4. The fourth-order valence-corrected chi connectivity index (χ4v) is 2.67. The summed E-state index contributed by atoms with van der Waals surface area (Å²) >= 11 is 0. The first-order valence-corrected chi connectivity index (χ1v) is 8.53. The molecule has 7 nitrogen and oxygen atoms in total. The number of hydrogen-bond donors (Lipinski definition) is 2. The van der Waals surface area contributed by atoms with Crippen LogP contribution in [0.5, 0.6) is 0 Å². The van der Waals surface area contributed by atoms with Crippen LogP contribution in [0.1, 0.15) is 12.5 Å². The number of rotatable bonds is 8. The van der Waals surface area contributed by atoms with Gasteiger partial charge in [-0.05, 0) is 25.1 Å². The lowest BCUT2D eigenvalue weighted by Crippen LogP contribution is -3.11. The molecule has 2 aromatic rings. The molecule has 138 valence electrons. The number of benzene rings is 2. The van der Waals surface area contributed by atoms with Crippen molar-refractivity contribution in [3.05, 3.63) is 64.2 Å². The summed E-state index contributed by atoms with van der Waals surface area (Å²) in [6.45, 7) is 3.76. The Kier molecular flexibility index (Phi) is 6.68. The van der Waals surface area contributed by atoms with Crippen LogP contribution >= 0.6 is 0 Å². The molecule has 0 aliphatic heterocycles. The van der Waals surface area contributed by atoms with E-state index in [9.17, 15) is 14.9 Å². The minimum Gasteiger partial charge on any atom is -0.378 e. The average molecular weight is 357 g/mol. The van der Waals surface area contributed by atoms with E-state index in [0.717, 1.165) is 22.7 Å². The molecule has 0 aliphatic rings. The summed E-state index contributed by atoms with van der Waals surface area (Å²) in [5.41, 5.74) is 2.40. The molecule has 2 N–H and O–H groups in total. The first-order chi connectivity index (χ1) is 12.4. The van der Waals surface area contributed by atoms with Crippen molar-refractivity contribution in [1.82, 2.24) is 0 Å². The number of hydrogen-bond acceptors (Lipinski definition) is 4. The van der Waals surface area contributed by atoms with Gasteiger partial charge in [0.25, 0.3) is 11.6 Å². The minimum atomic E-state index is -0.494. The quantitative estimate of drug-likeness (QED) is 0.557. The molecule has 1 unspecified atom stereocenters. The van der Waals surface area contributed by atoms with Crippen LogP contribution in [0, 0.1) is 10.1 Å². The van der Waals surface area contributed by atoms with Gasteiger partial charge in [-0.25, -0.2) is 0 Å². The standard InChI is InChI=1S/C19H24N4O3/c1-4-22(13-15-9-11-16(12-10-15)21(2)3)14-19(24)20-17-7-5-6-8-18(17)23(25)26/h5-12H,4,13-14H2,1-3H3,(H,20,24)/p+1. The number of likely N-dealkylation sites (N-methyl/N-ethyl adjacent to an activating group) is 1. The number of anilines is 2. The summed E-state index contributed by atoms with van der Waals surface area (Å²) in [7, 11) is 3.98. The van der Waals surface area contributed by atoms with Crippen molar-refractivity contribution in [2.45, 2.75) is 13.5 Å². The number of carbonyl (C=O) groups is 1. The van der Waals surface area contributed by atoms with Gasteiger partial charge in [0.05, 0.1) is 11.5 Å². The van der Waals surface area contributed by atoms with E-state index >= 15 is 0 Å². The molecule has 0 aliphatic carbocycles. The van der Waals surface area contributed by atoms with E-state index < -0.39 is 4.92 Å². The van der Waals surface area contributed by atoms with Gasteiger partial charge in [0.2, 0.25) is 0 Å². The van der Waals surface area contributed by atoms with Crippen LogP contribution in [-0.4, -0.2) is 38.0 Å². The zero-order chi connectivity index (χ0) is 19.1.